The molecule has 118 valence electrons. The average molecular weight is 340 g/mol. The maximum Gasteiger partial charge on any atom is 0.240 e. The predicted octanol–water partition coefficient (Wildman–Crippen LogP) is 2.97. The van der Waals surface area contributed by atoms with Crippen LogP contribution in [-0.2, 0) is 9.59 Å². The summed E-state index contributed by atoms with van der Waals surface area (Å²) in [5, 5.41) is 6.22. The first kappa shape index (κ1) is 16.8. The lowest BCUT2D eigenvalue weighted by Crippen LogP contribution is -2.28. The summed E-state index contributed by atoms with van der Waals surface area (Å²) in [7, 11) is 0. The number of nitrogens with one attached hydrogen (secondary N) is 2. The second kappa shape index (κ2) is 7.65. The van der Waals surface area contributed by atoms with Crippen LogP contribution in [0, 0.1) is 6.92 Å². The lowest BCUT2D eigenvalue weighted by molar-refractivity contribution is -0.122. The van der Waals surface area contributed by atoms with E-state index in [0.717, 1.165) is 12.0 Å². The number of hydrogen-bond donors (Lipinski definition) is 2. The molecular formula is C15H18ClN3O2S. The van der Waals surface area contributed by atoms with Gasteiger partial charge in [0.1, 0.15) is 5.25 Å². The summed E-state index contributed by atoms with van der Waals surface area (Å²) in [5.74, 6) is -0.388. The van der Waals surface area contributed by atoms with Gasteiger partial charge in [-0.25, -0.2) is 0 Å². The largest absolute Gasteiger partial charge is 0.326 e. The van der Waals surface area contributed by atoms with Crippen LogP contribution in [0.4, 0.5) is 5.69 Å². The Balaban J connectivity index is 1.92. The third-order valence-corrected chi connectivity index (χ3v) is 4.61. The normalized spacial score (nSPS) is 19.3. The highest BCUT2D eigenvalue weighted by atomic mass is 35.5. The minimum Gasteiger partial charge on any atom is -0.326 e. The number of anilines is 1. The van der Waals surface area contributed by atoms with Crippen molar-refractivity contribution in [2.75, 3.05) is 11.9 Å². The van der Waals surface area contributed by atoms with Gasteiger partial charge in [0, 0.05) is 23.7 Å². The van der Waals surface area contributed by atoms with E-state index in [-0.39, 0.29) is 18.2 Å². The van der Waals surface area contributed by atoms with Crippen LogP contribution in [0.25, 0.3) is 0 Å². The van der Waals surface area contributed by atoms with E-state index in [4.69, 9.17) is 11.6 Å². The van der Waals surface area contributed by atoms with Gasteiger partial charge in [-0.3, -0.25) is 14.6 Å². The Kier molecular flexibility index (Phi) is 5.85. The molecule has 0 unspecified atom stereocenters. The number of carbonyl (C=O) groups is 2. The van der Waals surface area contributed by atoms with Crippen molar-refractivity contribution >= 4 is 46.0 Å². The topological polar surface area (TPSA) is 70.6 Å². The number of halogens is 1. The smallest absolute Gasteiger partial charge is 0.240 e. The molecule has 0 saturated carbocycles. The van der Waals surface area contributed by atoms with Crippen LogP contribution in [0.3, 0.4) is 0 Å². The van der Waals surface area contributed by atoms with E-state index in [2.05, 4.69) is 15.6 Å². The number of amidine groups is 1. The number of hydrogen-bond acceptors (Lipinski definition) is 4. The molecule has 2 rings (SSSR count). The molecule has 1 fully saturated rings. The Labute approximate surface area is 138 Å². The van der Waals surface area contributed by atoms with Crippen molar-refractivity contribution in [1.82, 2.24) is 5.32 Å². The summed E-state index contributed by atoms with van der Waals surface area (Å²) in [6, 6.07) is 5.32. The van der Waals surface area contributed by atoms with E-state index in [1.165, 1.54) is 11.8 Å². The maximum atomic E-state index is 12.0. The number of thioether (sulfide) groups is 1. The average Bonchev–Trinajstić information content (AvgIpc) is 2.81. The van der Waals surface area contributed by atoms with Crippen molar-refractivity contribution in [1.29, 1.82) is 0 Å². The van der Waals surface area contributed by atoms with Gasteiger partial charge in [0.25, 0.3) is 0 Å². The molecule has 0 aliphatic carbocycles. The molecule has 0 bridgehead atoms. The lowest BCUT2D eigenvalue weighted by atomic mass is 10.2. The molecule has 1 atom stereocenters. The zero-order chi connectivity index (χ0) is 16.1. The number of carbonyl (C=O) groups excluding carboxylic acids is 2. The highest BCUT2D eigenvalue weighted by Crippen LogP contribution is 2.24. The van der Waals surface area contributed by atoms with Crippen LogP contribution in [0.5, 0.6) is 0 Å². The minimum atomic E-state index is -0.434. The molecule has 0 radical (unpaired) electrons. The molecule has 5 nitrogen and oxygen atoms in total. The SMILES string of the molecule is CCCN=C1NC(=O)[C@H](CC(=O)Nc2ccc(C)c(Cl)c2)S1. The molecule has 2 N–H and O–H groups in total. The zero-order valence-corrected chi connectivity index (χ0v) is 14.1. The Morgan fingerprint density at radius 2 is 2.27 bits per heavy atom. The van der Waals surface area contributed by atoms with Gasteiger partial charge >= 0.3 is 0 Å². The number of benzene rings is 1. The number of rotatable bonds is 5. The molecule has 1 aromatic rings. The van der Waals surface area contributed by atoms with Gasteiger partial charge in [-0.1, -0.05) is 36.4 Å². The van der Waals surface area contributed by atoms with E-state index in [9.17, 15) is 9.59 Å². The fourth-order valence-corrected chi connectivity index (χ4v) is 3.06. The Morgan fingerprint density at radius 3 is 2.95 bits per heavy atom. The molecular weight excluding hydrogens is 322 g/mol. The molecule has 1 saturated heterocycles. The van der Waals surface area contributed by atoms with Crippen LogP contribution in [0.2, 0.25) is 5.02 Å². The second-order valence-corrected chi connectivity index (χ2v) is 6.60. The van der Waals surface area contributed by atoms with Crippen molar-refractivity contribution < 1.29 is 9.59 Å². The summed E-state index contributed by atoms with van der Waals surface area (Å²) in [5.41, 5.74) is 1.58. The standard InChI is InChI=1S/C15H18ClN3O2S/c1-3-6-17-15-19-14(21)12(22-15)8-13(20)18-10-5-4-9(2)11(16)7-10/h4-5,7,12H,3,6,8H2,1-2H3,(H,18,20)(H,17,19,21)/t12-/m0/s1. The fourth-order valence-electron chi connectivity index (χ4n) is 1.88. The second-order valence-electron chi connectivity index (χ2n) is 5.00. The van der Waals surface area contributed by atoms with Crippen LogP contribution in [0.1, 0.15) is 25.3 Å². The maximum absolute atomic E-state index is 12.0. The molecule has 2 amide bonds. The van der Waals surface area contributed by atoms with Crippen LogP contribution < -0.4 is 10.6 Å². The first-order valence-electron chi connectivity index (χ1n) is 7.07. The first-order valence-corrected chi connectivity index (χ1v) is 8.33. The highest BCUT2D eigenvalue weighted by Gasteiger charge is 2.31. The third-order valence-electron chi connectivity index (χ3n) is 3.08. The molecule has 1 aromatic carbocycles. The molecule has 22 heavy (non-hydrogen) atoms. The zero-order valence-electron chi connectivity index (χ0n) is 12.5. The highest BCUT2D eigenvalue weighted by molar-refractivity contribution is 8.15. The summed E-state index contributed by atoms with van der Waals surface area (Å²) in [6.45, 7) is 4.58. The van der Waals surface area contributed by atoms with E-state index >= 15 is 0 Å². The van der Waals surface area contributed by atoms with Gasteiger partial charge in [0.15, 0.2) is 5.17 Å². The Hall–Kier alpha value is -1.53. The van der Waals surface area contributed by atoms with E-state index in [1.807, 2.05) is 19.9 Å². The van der Waals surface area contributed by atoms with Crippen LogP contribution in [-0.4, -0.2) is 28.8 Å². The number of aryl methyl sites for hydroxylation is 1. The quantitative estimate of drug-likeness (QED) is 0.866. The fraction of sp³-hybridized carbons (Fsp3) is 0.400. The van der Waals surface area contributed by atoms with Crippen molar-refractivity contribution in [3.05, 3.63) is 28.8 Å². The van der Waals surface area contributed by atoms with Crippen LogP contribution in [0.15, 0.2) is 23.2 Å². The van der Waals surface area contributed by atoms with Crippen molar-refractivity contribution in [3.8, 4) is 0 Å². The summed E-state index contributed by atoms with van der Waals surface area (Å²) in [4.78, 5) is 28.1. The summed E-state index contributed by atoms with van der Waals surface area (Å²) >= 11 is 7.33. The lowest BCUT2D eigenvalue weighted by Gasteiger charge is -2.08. The van der Waals surface area contributed by atoms with Crippen LogP contribution >= 0.6 is 23.4 Å². The summed E-state index contributed by atoms with van der Waals surface area (Å²) < 4.78 is 0. The molecule has 0 aromatic heterocycles. The molecule has 7 heteroatoms. The Morgan fingerprint density at radius 1 is 1.50 bits per heavy atom. The minimum absolute atomic E-state index is 0.104. The number of aliphatic imine (C=N–C) groups is 1. The van der Waals surface area contributed by atoms with Gasteiger partial charge in [-0.2, -0.15) is 0 Å². The van der Waals surface area contributed by atoms with E-state index in [1.54, 1.807) is 12.1 Å². The van der Waals surface area contributed by atoms with Gasteiger partial charge in [0.2, 0.25) is 11.8 Å². The number of nitrogens with zero attached hydrogens (tertiary/aromatic N) is 1. The predicted molar refractivity (Wildman–Crippen MR) is 91.6 cm³/mol. The third kappa shape index (κ3) is 4.48. The van der Waals surface area contributed by atoms with E-state index in [0.29, 0.717) is 22.4 Å². The van der Waals surface area contributed by atoms with Crippen molar-refractivity contribution in [2.45, 2.75) is 31.9 Å². The molecule has 1 heterocycles. The van der Waals surface area contributed by atoms with Gasteiger partial charge < -0.3 is 10.6 Å². The molecule has 1 aliphatic heterocycles. The van der Waals surface area contributed by atoms with E-state index < -0.39 is 5.25 Å². The molecule has 1 aliphatic rings. The van der Waals surface area contributed by atoms with Gasteiger partial charge in [-0.05, 0) is 31.0 Å². The van der Waals surface area contributed by atoms with Gasteiger partial charge in [0.05, 0.1) is 0 Å². The number of amides is 2. The Bertz CT molecular complexity index is 619. The molecule has 0 spiro atoms. The summed E-state index contributed by atoms with van der Waals surface area (Å²) in [6.07, 6.45) is 1.02. The first-order chi connectivity index (χ1) is 10.5. The van der Waals surface area contributed by atoms with Crippen molar-refractivity contribution in [2.24, 2.45) is 4.99 Å². The monoisotopic (exact) mass is 339 g/mol. The van der Waals surface area contributed by atoms with Crippen molar-refractivity contribution in [3.63, 3.8) is 0 Å². The van der Waals surface area contributed by atoms with Gasteiger partial charge in [-0.15, -0.1) is 0 Å².